The van der Waals surface area contributed by atoms with E-state index in [1.807, 2.05) is 26.8 Å². The highest BCUT2D eigenvalue weighted by Gasteiger charge is 2.27. The van der Waals surface area contributed by atoms with Gasteiger partial charge in [-0.05, 0) is 44.4 Å². The molecular weight excluding hydrogens is 379 g/mol. The van der Waals surface area contributed by atoms with Crippen LogP contribution in [0, 0.1) is 5.82 Å². The summed E-state index contributed by atoms with van der Waals surface area (Å²) >= 11 is 0. The van der Waals surface area contributed by atoms with Gasteiger partial charge in [0.2, 0.25) is 10.0 Å². The fourth-order valence-electron chi connectivity index (χ4n) is 3.25. The fourth-order valence-corrected chi connectivity index (χ4v) is 4.38. The first kappa shape index (κ1) is 22.6. The third-order valence-corrected chi connectivity index (χ3v) is 7.02. The van der Waals surface area contributed by atoms with Crippen molar-refractivity contribution in [2.45, 2.75) is 52.0 Å². The second-order valence-electron chi connectivity index (χ2n) is 7.81. The van der Waals surface area contributed by atoms with Gasteiger partial charge in [-0.3, -0.25) is 4.99 Å². The molecule has 0 amide bonds. The predicted molar refractivity (Wildman–Crippen MR) is 113 cm³/mol. The van der Waals surface area contributed by atoms with Crippen LogP contribution in [0.15, 0.2) is 29.3 Å². The van der Waals surface area contributed by atoms with Gasteiger partial charge >= 0.3 is 0 Å². The van der Waals surface area contributed by atoms with E-state index in [-0.39, 0.29) is 23.0 Å². The summed E-state index contributed by atoms with van der Waals surface area (Å²) in [5.74, 6) is 0.613. The van der Waals surface area contributed by atoms with E-state index in [1.54, 1.807) is 23.4 Å². The second kappa shape index (κ2) is 9.69. The van der Waals surface area contributed by atoms with E-state index in [9.17, 15) is 12.8 Å². The zero-order valence-electron chi connectivity index (χ0n) is 17.3. The smallest absolute Gasteiger partial charge is 0.213 e. The van der Waals surface area contributed by atoms with Gasteiger partial charge in [0.15, 0.2) is 5.96 Å². The molecule has 6 nitrogen and oxygen atoms in total. The zero-order valence-corrected chi connectivity index (χ0v) is 18.2. The minimum Gasteiger partial charge on any atom is -0.357 e. The molecule has 0 atom stereocenters. The van der Waals surface area contributed by atoms with Crippen LogP contribution in [0.2, 0.25) is 0 Å². The highest BCUT2D eigenvalue weighted by molar-refractivity contribution is 7.89. The highest BCUT2D eigenvalue weighted by Crippen LogP contribution is 2.24. The Morgan fingerprint density at radius 3 is 2.54 bits per heavy atom. The van der Waals surface area contributed by atoms with Crippen molar-refractivity contribution in [2.24, 2.45) is 4.99 Å². The molecular formula is C20H33FN4O2S. The number of nitrogens with one attached hydrogen (secondary N) is 2. The van der Waals surface area contributed by atoms with Crippen molar-refractivity contribution < 1.29 is 12.8 Å². The van der Waals surface area contributed by atoms with Gasteiger partial charge in [-0.2, -0.15) is 0 Å². The van der Waals surface area contributed by atoms with Crippen LogP contribution in [0.1, 0.15) is 46.1 Å². The number of guanidine groups is 1. The number of aliphatic imine (C=N–C) groups is 1. The van der Waals surface area contributed by atoms with Gasteiger partial charge in [-0.25, -0.2) is 17.1 Å². The SMILES string of the molecule is CCNC(=NCC(C)(C)c1cccc(F)c1)NC1CCN(S(=O)(=O)CC)CC1. The Labute approximate surface area is 168 Å². The summed E-state index contributed by atoms with van der Waals surface area (Å²) in [6.45, 7) is 10.1. The van der Waals surface area contributed by atoms with Crippen LogP contribution in [-0.4, -0.2) is 56.7 Å². The largest absolute Gasteiger partial charge is 0.357 e. The number of sulfonamides is 1. The molecule has 0 aliphatic carbocycles. The number of piperidine rings is 1. The van der Waals surface area contributed by atoms with Crippen LogP contribution in [0.5, 0.6) is 0 Å². The Bertz CT molecular complexity index is 772. The average Bonchev–Trinajstić information content (AvgIpc) is 2.67. The van der Waals surface area contributed by atoms with E-state index < -0.39 is 10.0 Å². The molecule has 1 aromatic carbocycles. The molecule has 1 aliphatic rings. The van der Waals surface area contributed by atoms with Gasteiger partial charge in [0.25, 0.3) is 0 Å². The minimum atomic E-state index is -3.12. The van der Waals surface area contributed by atoms with E-state index in [2.05, 4.69) is 10.6 Å². The van der Waals surface area contributed by atoms with Crippen molar-refractivity contribution in [2.75, 3.05) is 31.9 Å². The van der Waals surface area contributed by atoms with Gasteiger partial charge in [0.1, 0.15) is 5.82 Å². The molecule has 0 radical (unpaired) electrons. The Balaban J connectivity index is 1.99. The van der Waals surface area contributed by atoms with Gasteiger partial charge in [-0.1, -0.05) is 26.0 Å². The van der Waals surface area contributed by atoms with E-state index >= 15 is 0 Å². The van der Waals surface area contributed by atoms with Crippen molar-refractivity contribution in [3.63, 3.8) is 0 Å². The summed E-state index contributed by atoms with van der Waals surface area (Å²) < 4.78 is 39.1. The number of halogens is 1. The van der Waals surface area contributed by atoms with Crippen LogP contribution in [0.25, 0.3) is 0 Å². The number of rotatable bonds is 7. The lowest BCUT2D eigenvalue weighted by atomic mass is 9.85. The van der Waals surface area contributed by atoms with Gasteiger partial charge in [0.05, 0.1) is 12.3 Å². The molecule has 2 rings (SSSR count). The number of hydrogen-bond donors (Lipinski definition) is 2. The fraction of sp³-hybridized carbons (Fsp3) is 0.650. The van der Waals surface area contributed by atoms with Crippen LogP contribution in [-0.2, 0) is 15.4 Å². The first-order valence-electron chi connectivity index (χ1n) is 9.96. The van der Waals surface area contributed by atoms with E-state index in [0.29, 0.717) is 25.6 Å². The first-order chi connectivity index (χ1) is 13.2. The Morgan fingerprint density at radius 1 is 1.29 bits per heavy atom. The predicted octanol–water partition coefficient (Wildman–Crippen LogP) is 2.47. The van der Waals surface area contributed by atoms with Gasteiger partial charge < -0.3 is 10.6 Å². The molecule has 0 unspecified atom stereocenters. The third kappa shape index (κ3) is 6.17. The summed E-state index contributed by atoms with van der Waals surface area (Å²) in [6, 6.07) is 6.82. The van der Waals surface area contributed by atoms with E-state index in [0.717, 1.165) is 24.9 Å². The van der Waals surface area contributed by atoms with Crippen molar-refractivity contribution in [3.05, 3.63) is 35.6 Å². The van der Waals surface area contributed by atoms with Gasteiger partial charge in [-0.15, -0.1) is 0 Å². The summed E-state index contributed by atoms with van der Waals surface area (Å²) in [6.07, 6.45) is 1.49. The molecule has 8 heteroatoms. The monoisotopic (exact) mass is 412 g/mol. The molecule has 1 aromatic rings. The molecule has 1 heterocycles. The van der Waals surface area contributed by atoms with Crippen LogP contribution >= 0.6 is 0 Å². The maximum Gasteiger partial charge on any atom is 0.213 e. The van der Waals surface area contributed by atoms with E-state index in [1.165, 1.54) is 6.07 Å². The highest BCUT2D eigenvalue weighted by atomic mass is 32.2. The quantitative estimate of drug-likeness (QED) is 0.533. The minimum absolute atomic E-state index is 0.143. The number of hydrogen-bond acceptors (Lipinski definition) is 3. The van der Waals surface area contributed by atoms with E-state index in [4.69, 9.17) is 4.99 Å². The number of nitrogens with zero attached hydrogens (tertiary/aromatic N) is 2. The number of benzene rings is 1. The molecule has 0 saturated carbocycles. The average molecular weight is 413 g/mol. The molecule has 0 bridgehead atoms. The van der Waals surface area contributed by atoms with Crippen molar-refractivity contribution in [1.29, 1.82) is 0 Å². The second-order valence-corrected chi connectivity index (χ2v) is 10.1. The lowest BCUT2D eigenvalue weighted by Gasteiger charge is -2.32. The van der Waals surface area contributed by atoms with Crippen molar-refractivity contribution in [3.8, 4) is 0 Å². The topological polar surface area (TPSA) is 73.8 Å². The molecule has 158 valence electrons. The molecule has 1 saturated heterocycles. The molecule has 2 N–H and O–H groups in total. The molecule has 28 heavy (non-hydrogen) atoms. The maximum absolute atomic E-state index is 13.6. The molecule has 0 aromatic heterocycles. The maximum atomic E-state index is 13.6. The van der Waals surface area contributed by atoms with Crippen LogP contribution < -0.4 is 10.6 Å². The van der Waals surface area contributed by atoms with Crippen molar-refractivity contribution >= 4 is 16.0 Å². The summed E-state index contributed by atoms with van der Waals surface area (Å²) in [5.41, 5.74) is 0.605. The lowest BCUT2D eigenvalue weighted by molar-refractivity contribution is 0.306. The third-order valence-electron chi connectivity index (χ3n) is 5.14. The lowest BCUT2D eigenvalue weighted by Crippen LogP contribution is -2.50. The zero-order chi connectivity index (χ0) is 20.8. The Kier molecular flexibility index (Phi) is 7.83. The van der Waals surface area contributed by atoms with Crippen LogP contribution in [0.3, 0.4) is 0 Å². The normalized spacial score (nSPS) is 17.5. The Morgan fingerprint density at radius 2 is 1.96 bits per heavy atom. The standard InChI is InChI=1S/C20H33FN4O2S/c1-5-22-19(23-15-20(3,4)16-8-7-9-17(21)14-16)24-18-10-12-25(13-11-18)28(26,27)6-2/h7-9,14,18H,5-6,10-13,15H2,1-4H3,(H2,22,23,24). The molecule has 1 fully saturated rings. The molecule has 0 spiro atoms. The van der Waals surface area contributed by atoms with Gasteiger partial charge in [0, 0.05) is 31.1 Å². The molecule has 1 aliphatic heterocycles. The van der Waals surface area contributed by atoms with Crippen LogP contribution in [0.4, 0.5) is 4.39 Å². The summed E-state index contributed by atoms with van der Waals surface area (Å²) in [4.78, 5) is 4.71. The summed E-state index contributed by atoms with van der Waals surface area (Å²) in [7, 11) is -3.12. The summed E-state index contributed by atoms with van der Waals surface area (Å²) in [5, 5.41) is 6.68. The Hall–Kier alpha value is -1.67. The van der Waals surface area contributed by atoms with Crippen molar-refractivity contribution in [1.82, 2.24) is 14.9 Å². The first-order valence-corrected chi connectivity index (χ1v) is 11.6.